The molecule has 0 aromatic heterocycles. The van der Waals surface area contributed by atoms with Crippen molar-refractivity contribution in [3.8, 4) is 5.75 Å². The van der Waals surface area contributed by atoms with Crippen LogP contribution in [0.3, 0.4) is 0 Å². The van der Waals surface area contributed by atoms with Crippen molar-refractivity contribution in [2.45, 2.75) is 0 Å². The maximum absolute atomic E-state index is 12.4. The Hall–Kier alpha value is -3.77. The van der Waals surface area contributed by atoms with E-state index in [9.17, 15) is 9.59 Å². The number of benzene rings is 3. The maximum atomic E-state index is 12.4. The number of esters is 2. The molecule has 0 N–H and O–H groups in total. The van der Waals surface area contributed by atoms with Crippen LogP contribution in [0.2, 0.25) is 0 Å². The Bertz CT molecular complexity index is 1210. The van der Waals surface area contributed by atoms with Gasteiger partial charge < -0.3 is 9.47 Å². The fourth-order valence-corrected chi connectivity index (χ4v) is 3.21. The number of hydrogen-bond donors (Lipinski definition) is 0. The zero-order valence-corrected chi connectivity index (χ0v) is 17.8. The minimum atomic E-state index is -0.576. The lowest BCUT2D eigenvalue weighted by atomic mass is 10.1. The number of halogens is 1. The molecule has 3 aromatic carbocycles. The van der Waals surface area contributed by atoms with Gasteiger partial charge in [-0.25, -0.2) is 14.6 Å². The van der Waals surface area contributed by atoms with Crippen molar-refractivity contribution in [3.63, 3.8) is 0 Å². The summed E-state index contributed by atoms with van der Waals surface area (Å²) in [5.41, 5.74) is 2.02. The first-order chi connectivity index (χ1) is 15.1. The summed E-state index contributed by atoms with van der Waals surface area (Å²) in [7, 11) is 0. The smallest absolute Gasteiger partial charge is 0.363 e. The average Bonchev–Trinajstić information content (AvgIpc) is 3.14. The van der Waals surface area contributed by atoms with E-state index in [1.807, 2.05) is 36.4 Å². The van der Waals surface area contributed by atoms with Crippen molar-refractivity contribution in [2.75, 3.05) is 0 Å². The first-order valence-electron chi connectivity index (χ1n) is 9.41. The Morgan fingerprint density at radius 1 is 0.935 bits per heavy atom. The number of nitrogens with zero attached hydrogens (tertiary/aromatic N) is 1. The molecule has 0 spiro atoms. The number of carbonyl (C=O) groups excluding carboxylic acids is 2. The van der Waals surface area contributed by atoms with E-state index in [0.717, 1.165) is 10.0 Å². The largest absolute Gasteiger partial charge is 0.422 e. The van der Waals surface area contributed by atoms with Crippen LogP contribution in [0.4, 0.5) is 0 Å². The quantitative estimate of drug-likeness (QED) is 0.271. The summed E-state index contributed by atoms with van der Waals surface area (Å²) in [5.74, 6) is -0.571. The highest BCUT2D eigenvalue weighted by Crippen LogP contribution is 2.28. The van der Waals surface area contributed by atoms with E-state index in [1.54, 1.807) is 54.6 Å². The predicted molar refractivity (Wildman–Crippen MR) is 123 cm³/mol. The summed E-state index contributed by atoms with van der Waals surface area (Å²) in [4.78, 5) is 29.0. The lowest BCUT2D eigenvalue weighted by Crippen LogP contribution is -2.09. The minimum absolute atomic E-state index is 0.114. The third-order valence-electron chi connectivity index (χ3n) is 4.33. The number of carbonyl (C=O) groups is 2. The van der Waals surface area contributed by atoms with E-state index in [1.165, 1.54) is 6.08 Å². The van der Waals surface area contributed by atoms with Crippen molar-refractivity contribution < 1.29 is 19.1 Å². The molecule has 0 atom stereocenters. The second kappa shape index (κ2) is 9.36. The van der Waals surface area contributed by atoms with Crippen LogP contribution in [-0.4, -0.2) is 17.8 Å². The van der Waals surface area contributed by atoms with Crippen LogP contribution in [0.1, 0.15) is 21.5 Å². The fourth-order valence-electron chi connectivity index (χ4n) is 2.83. The lowest BCUT2D eigenvalue weighted by molar-refractivity contribution is -0.129. The molecule has 1 aliphatic rings. The Labute approximate surface area is 187 Å². The third kappa shape index (κ3) is 5.24. The first kappa shape index (κ1) is 20.5. The number of hydrogen-bond acceptors (Lipinski definition) is 5. The molecule has 6 heteroatoms. The van der Waals surface area contributed by atoms with Crippen molar-refractivity contribution in [1.82, 2.24) is 0 Å². The normalized spacial score (nSPS) is 14.5. The zero-order valence-electron chi connectivity index (χ0n) is 16.2. The van der Waals surface area contributed by atoms with Crippen LogP contribution in [0, 0.1) is 0 Å². The van der Waals surface area contributed by atoms with E-state index in [2.05, 4.69) is 20.9 Å². The fraction of sp³-hybridized carbons (Fsp3) is 0. The van der Waals surface area contributed by atoms with Gasteiger partial charge in [-0.05, 0) is 48.0 Å². The SMILES string of the molecule is O=C1OC(/C=C/c2ccccc2)=NC/1=C/c1cc(Br)ccc1OC(=O)c1ccccc1. The molecule has 5 nitrogen and oxygen atoms in total. The summed E-state index contributed by atoms with van der Waals surface area (Å²) < 4.78 is 11.5. The highest BCUT2D eigenvalue weighted by molar-refractivity contribution is 9.10. The molecule has 152 valence electrons. The molecular formula is C25H16BrNO4. The van der Waals surface area contributed by atoms with Crippen molar-refractivity contribution in [1.29, 1.82) is 0 Å². The van der Waals surface area contributed by atoms with E-state index in [0.29, 0.717) is 16.9 Å². The van der Waals surface area contributed by atoms with Gasteiger partial charge in [-0.3, -0.25) is 0 Å². The third-order valence-corrected chi connectivity index (χ3v) is 4.82. The maximum Gasteiger partial charge on any atom is 0.363 e. The van der Waals surface area contributed by atoms with Gasteiger partial charge in [0, 0.05) is 16.1 Å². The molecule has 1 heterocycles. The number of cyclic esters (lactones) is 1. The van der Waals surface area contributed by atoms with Gasteiger partial charge in [-0.15, -0.1) is 0 Å². The second-order valence-corrected chi connectivity index (χ2v) is 7.47. The highest BCUT2D eigenvalue weighted by Gasteiger charge is 2.22. The average molecular weight is 474 g/mol. The second-order valence-electron chi connectivity index (χ2n) is 6.55. The van der Waals surface area contributed by atoms with Gasteiger partial charge in [0.2, 0.25) is 5.90 Å². The number of rotatable bonds is 5. The summed E-state index contributed by atoms with van der Waals surface area (Å²) in [6, 6.07) is 23.4. The molecule has 0 radical (unpaired) electrons. The van der Waals surface area contributed by atoms with Crippen LogP contribution < -0.4 is 4.74 Å². The molecular weight excluding hydrogens is 458 g/mol. The standard InChI is InChI=1S/C25H16BrNO4/c26-20-12-13-22(30-24(28)18-9-5-2-6-10-18)19(15-20)16-21-25(29)31-23(27-21)14-11-17-7-3-1-4-8-17/h1-16H/b14-11+,21-16+. The first-order valence-corrected chi connectivity index (χ1v) is 10.2. The molecule has 0 saturated heterocycles. The van der Waals surface area contributed by atoms with Crippen LogP contribution in [0.25, 0.3) is 12.2 Å². The Balaban J connectivity index is 1.59. The van der Waals surface area contributed by atoms with Gasteiger partial charge in [-0.1, -0.05) is 64.5 Å². The molecule has 1 aliphatic heterocycles. The molecule has 0 aliphatic carbocycles. The summed E-state index contributed by atoms with van der Waals surface area (Å²) in [6.07, 6.45) is 4.97. The van der Waals surface area contributed by atoms with Gasteiger partial charge in [-0.2, -0.15) is 0 Å². The van der Waals surface area contributed by atoms with Crippen LogP contribution in [0.15, 0.2) is 100 Å². The lowest BCUT2D eigenvalue weighted by Gasteiger charge is -2.08. The number of aliphatic imine (C=N–C) groups is 1. The van der Waals surface area contributed by atoms with Gasteiger partial charge >= 0.3 is 11.9 Å². The molecule has 3 aromatic rings. The molecule has 0 bridgehead atoms. The van der Waals surface area contributed by atoms with Gasteiger partial charge in [0.15, 0.2) is 5.70 Å². The predicted octanol–water partition coefficient (Wildman–Crippen LogP) is 5.68. The molecule has 4 rings (SSSR count). The molecule has 0 saturated carbocycles. The molecule has 31 heavy (non-hydrogen) atoms. The van der Waals surface area contributed by atoms with Crippen molar-refractivity contribution in [3.05, 3.63) is 112 Å². The van der Waals surface area contributed by atoms with E-state index in [4.69, 9.17) is 9.47 Å². The van der Waals surface area contributed by atoms with Gasteiger partial charge in [0.25, 0.3) is 0 Å². The van der Waals surface area contributed by atoms with Crippen LogP contribution in [0.5, 0.6) is 5.75 Å². The highest BCUT2D eigenvalue weighted by atomic mass is 79.9. The number of ether oxygens (including phenoxy) is 2. The zero-order chi connectivity index (χ0) is 21.6. The summed E-state index contributed by atoms with van der Waals surface area (Å²) >= 11 is 3.40. The Morgan fingerprint density at radius 3 is 2.39 bits per heavy atom. The van der Waals surface area contributed by atoms with Gasteiger partial charge in [0.05, 0.1) is 5.56 Å². The summed E-state index contributed by atoms with van der Waals surface area (Å²) in [5, 5.41) is 0. The van der Waals surface area contributed by atoms with Crippen LogP contribution in [-0.2, 0) is 9.53 Å². The molecule has 0 amide bonds. The van der Waals surface area contributed by atoms with Crippen molar-refractivity contribution >= 4 is 45.9 Å². The molecule has 0 unspecified atom stereocenters. The van der Waals surface area contributed by atoms with Gasteiger partial charge in [0.1, 0.15) is 5.75 Å². The van der Waals surface area contributed by atoms with Crippen molar-refractivity contribution in [2.24, 2.45) is 4.99 Å². The Kier molecular flexibility index (Phi) is 6.19. The topological polar surface area (TPSA) is 65.0 Å². The van der Waals surface area contributed by atoms with Crippen LogP contribution >= 0.6 is 15.9 Å². The Morgan fingerprint density at radius 2 is 1.65 bits per heavy atom. The van der Waals surface area contributed by atoms with E-state index >= 15 is 0 Å². The monoisotopic (exact) mass is 473 g/mol. The van der Waals surface area contributed by atoms with E-state index < -0.39 is 11.9 Å². The molecule has 0 fully saturated rings. The summed E-state index contributed by atoms with van der Waals surface area (Å²) in [6.45, 7) is 0. The van der Waals surface area contributed by atoms with E-state index in [-0.39, 0.29) is 11.6 Å². The minimum Gasteiger partial charge on any atom is -0.422 e.